The van der Waals surface area contributed by atoms with Crippen molar-refractivity contribution in [2.75, 3.05) is 0 Å². The van der Waals surface area contributed by atoms with Crippen molar-refractivity contribution in [3.05, 3.63) is 310 Å². The van der Waals surface area contributed by atoms with Gasteiger partial charge in [-0.2, -0.15) is 0 Å². The lowest BCUT2D eigenvalue weighted by molar-refractivity contribution is 0.102. The summed E-state index contributed by atoms with van der Waals surface area (Å²) in [6, 6.07) is 77.7. The van der Waals surface area contributed by atoms with E-state index in [1.54, 1.807) is 48.5 Å². The zero-order valence-corrected chi connectivity index (χ0v) is 37.9. The van der Waals surface area contributed by atoms with Gasteiger partial charge in [0.15, 0.2) is 23.1 Å². The fraction of sp³-hybridized carbons (Fsp3) is 0.0154. The van der Waals surface area contributed by atoms with Crippen LogP contribution in [-0.4, -0.2) is 28.2 Å². The lowest BCUT2D eigenvalue weighted by Gasteiger charge is -2.17. The Morgan fingerprint density at radius 2 is 0.486 bits per heavy atom. The number of carbonyl (C=O) groups excluding carboxylic acids is 4. The second kappa shape index (κ2) is 20.0. The zero-order valence-electron chi connectivity index (χ0n) is 37.9. The van der Waals surface area contributed by atoms with E-state index >= 15 is 4.79 Å². The predicted molar refractivity (Wildman–Crippen MR) is 278 cm³/mol. The molecule has 10 rings (SSSR count). The molecule has 0 saturated carbocycles. The molecule has 10 aromatic rings. The maximum atomic E-state index is 15.2. The molecule has 10 aromatic carbocycles. The molecule has 0 saturated heterocycles. The summed E-state index contributed by atoms with van der Waals surface area (Å²) in [6.07, 6.45) is -1.24. The van der Waals surface area contributed by atoms with E-state index in [-0.39, 0.29) is 45.2 Å². The quantitative estimate of drug-likeness (QED) is 0.110. The van der Waals surface area contributed by atoms with Crippen LogP contribution >= 0.6 is 0 Å². The van der Waals surface area contributed by atoms with Gasteiger partial charge >= 0.3 is 0 Å². The van der Waals surface area contributed by atoms with E-state index < -0.39 is 11.9 Å². The molecular weight excluding hydrogens is 861 g/mol. The Hall–Kier alpha value is -9.16. The number of rotatable bonds is 14. The molecule has 0 bridgehead atoms. The SMILES string of the molecule is O=C(c1cc(C(=O)c2cccc(-c3ccccc3)c2)cc(C(=O)c2cc(C(=O)c3cccc(-c4ccccc4)c3)cc(C(O)c3cccc(-c4ccccc4)c3)c2)c1)c1cccc(-c2ccccc2)c1. The number of aliphatic hydroxyl groups excluding tert-OH is 1. The molecule has 5 nitrogen and oxygen atoms in total. The minimum Gasteiger partial charge on any atom is -0.384 e. The number of benzene rings is 10. The highest BCUT2D eigenvalue weighted by atomic mass is 16.3. The van der Waals surface area contributed by atoms with Crippen LogP contribution in [0.5, 0.6) is 0 Å². The van der Waals surface area contributed by atoms with E-state index in [4.69, 9.17) is 0 Å². The Morgan fingerprint density at radius 1 is 0.229 bits per heavy atom. The van der Waals surface area contributed by atoms with Crippen molar-refractivity contribution in [2.24, 2.45) is 0 Å². The summed E-state index contributed by atoms with van der Waals surface area (Å²) in [4.78, 5) is 59.2. The van der Waals surface area contributed by atoms with Crippen LogP contribution in [0.3, 0.4) is 0 Å². The third kappa shape index (κ3) is 9.65. The van der Waals surface area contributed by atoms with Crippen molar-refractivity contribution < 1.29 is 24.3 Å². The molecule has 0 amide bonds. The van der Waals surface area contributed by atoms with Crippen LogP contribution in [-0.2, 0) is 0 Å². The summed E-state index contributed by atoms with van der Waals surface area (Å²) in [5.41, 5.74) is 9.83. The maximum Gasteiger partial charge on any atom is 0.193 e. The third-order valence-electron chi connectivity index (χ3n) is 12.5. The normalized spacial score (nSPS) is 11.4. The first-order chi connectivity index (χ1) is 34.3. The first-order valence-electron chi connectivity index (χ1n) is 23.0. The Labute approximate surface area is 406 Å². The molecule has 1 atom stereocenters. The number of aliphatic hydroxyl groups is 1. The van der Waals surface area contributed by atoms with Crippen LogP contribution in [0.2, 0.25) is 0 Å². The van der Waals surface area contributed by atoms with E-state index in [1.807, 2.05) is 188 Å². The molecule has 0 aliphatic carbocycles. The number of ketones is 4. The molecule has 1 unspecified atom stereocenters. The largest absolute Gasteiger partial charge is 0.384 e. The number of hydrogen-bond donors (Lipinski definition) is 1. The molecule has 1 N–H and O–H groups in total. The molecule has 70 heavy (non-hydrogen) atoms. The van der Waals surface area contributed by atoms with Crippen LogP contribution < -0.4 is 0 Å². The highest BCUT2D eigenvalue weighted by molar-refractivity contribution is 6.18. The summed E-state index contributed by atoms with van der Waals surface area (Å²) in [5.74, 6) is -1.65. The lowest BCUT2D eigenvalue weighted by Crippen LogP contribution is -2.13. The van der Waals surface area contributed by atoms with Crippen molar-refractivity contribution in [3.63, 3.8) is 0 Å². The fourth-order valence-electron chi connectivity index (χ4n) is 8.88. The van der Waals surface area contributed by atoms with E-state index in [0.29, 0.717) is 27.8 Å². The molecule has 0 heterocycles. The summed E-state index contributed by atoms with van der Waals surface area (Å²) in [7, 11) is 0. The molecule has 0 aromatic heterocycles. The van der Waals surface area contributed by atoms with Gasteiger partial charge in [0.05, 0.1) is 0 Å². The molecule has 0 spiro atoms. The van der Waals surface area contributed by atoms with Crippen molar-refractivity contribution in [3.8, 4) is 44.5 Å². The summed E-state index contributed by atoms with van der Waals surface area (Å²) in [5, 5.41) is 12.2. The first-order valence-corrected chi connectivity index (χ1v) is 23.0. The first kappa shape index (κ1) is 44.7. The fourth-order valence-corrected chi connectivity index (χ4v) is 8.88. The molecule has 0 aliphatic rings. The van der Waals surface area contributed by atoms with Crippen LogP contribution in [0.1, 0.15) is 80.9 Å². The van der Waals surface area contributed by atoms with E-state index in [9.17, 15) is 19.5 Å². The highest BCUT2D eigenvalue weighted by Crippen LogP contribution is 2.32. The minimum absolute atomic E-state index is 0.0646. The summed E-state index contributed by atoms with van der Waals surface area (Å²) >= 11 is 0. The smallest absolute Gasteiger partial charge is 0.193 e. The van der Waals surface area contributed by atoms with E-state index in [1.165, 1.54) is 18.2 Å². The van der Waals surface area contributed by atoms with Gasteiger partial charge < -0.3 is 5.11 Å². The predicted octanol–water partition coefficient (Wildman–Crippen LogP) is 14.4. The Kier molecular flexibility index (Phi) is 12.7. The standard InChI is InChI=1S/C65H44O5/c66-61(51-29-13-25-47(33-51)43-17-5-1-6-18-43)55-37-56(62(67)52-30-14-26-48(34-52)44-19-7-2-8-20-44)40-59(39-55)65(70)60-41-57(63(68)53-31-15-27-49(35-53)45-21-9-3-10-22-45)38-58(42-60)64(69)54-32-16-28-50(36-54)46-23-11-4-12-24-46/h1-42,61,66H. The van der Waals surface area contributed by atoms with Crippen molar-refractivity contribution in [2.45, 2.75) is 6.10 Å². The molecule has 334 valence electrons. The zero-order chi connectivity index (χ0) is 48.0. The third-order valence-corrected chi connectivity index (χ3v) is 12.5. The van der Waals surface area contributed by atoms with Gasteiger partial charge in [0, 0.05) is 44.5 Å². The van der Waals surface area contributed by atoms with Gasteiger partial charge in [0.1, 0.15) is 6.10 Å². The Balaban J connectivity index is 1.10. The molecule has 0 fully saturated rings. The minimum atomic E-state index is -1.24. The topological polar surface area (TPSA) is 88.5 Å². The van der Waals surface area contributed by atoms with Crippen LogP contribution in [0.15, 0.2) is 255 Å². The van der Waals surface area contributed by atoms with Gasteiger partial charge in [-0.15, -0.1) is 0 Å². The van der Waals surface area contributed by atoms with Gasteiger partial charge in [-0.05, 0) is 116 Å². The number of hydrogen-bond acceptors (Lipinski definition) is 5. The van der Waals surface area contributed by atoms with E-state index in [0.717, 1.165) is 44.5 Å². The van der Waals surface area contributed by atoms with Crippen molar-refractivity contribution in [1.82, 2.24) is 0 Å². The monoisotopic (exact) mass is 904 g/mol. The second-order valence-electron chi connectivity index (χ2n) is 17.2. The maximum absolute atomic E-state index is 15.2. The molecule has 0 radical (unpaired) electrons. The molecule has 5 heteroatoms. The Morgan fingerprint density at radius 3 is 0.814 bits per heavy atom. The highest BCUT2D eigenvalue weighted by Gasteiger charge is 2.24. The van der Waals surface area contributed by atoms with Gasteiger partial charge in [-0.3, -0.25) is 19.2 Å². The summed E-state index contributed by atoms with van der Waals surface area (Å²) < 4.78 is 0. The van der Waals surface area contributed by atoms with E-state index in [2.05, 4.69) is 0 Å². The second-order valence-corrected chi connectivity index (χ2v) is 17.2. The van der Waals surface area contributed by atoms with Gasteiger partial charge in [-0.1, -0.05) is 194 Å². The average molecular weight is 905 g/mol. The van der Waals surface area contributed by atoms with Gasteiger partial charge in [0.2, 0.25) is 0 Å². The number of carbonyl (C=O) groups is 4. The van der Waals surface area contributed by atoms with Gasteiger partial charge in [-0.25, -0.2) is 0 Å². The lowest BCUT2D eigenvalue weighted by atomic mass is 9.88. The van der Waals surface area contributed by atoms with Crippen LogP contribution in [0.25, 0.3) is 44.5 Å². The average Bonchev–Trinajstić information content (AvgIpc) is 3.45. The summed E-state index contributed by atoms with van der Waals surface area (Å²) in [6.45, 7) is 0. The molecule has 0 aliphatic heterocycles. The van der Waals surface area contributed by atoms with Crippen molar-refractivity contribution >= 4 is 23.1 Å². The molecular formula is C65H44O5. The van der Waals surface area contributed by atoms with Crippen LogP contribution in [0, 0.1) is 0 Å². The van der Waals surface area contributed by atoms with Crippen LogP contribution in [0.4, 0.5) is 0 Å². The Bertz CT molecular complexity index is 3450. The van der Waals surface area contributed by atoms with Gasteiger partial charge in [0.25, 0.3) is 0 Å². The van der Waals surface area contributed by atoms with Crippen molar-refractivity contribution in [1.29, 1.82) is 0 Å².